The molecule has 0 aliphatic carbocycles. The van der Waals surface area contributed by atoms with Crippen LogP contribution in [0.25, 0.3) is 22.6 Å². The number of aromatic nitrogens is 3. The Morgan fingerprint density at radius 3 is 2.50 bits per heavy atom. The van der Waals surface area contributed by atoms with Crippen molar-refractivity contribution >= 4 is 23.3 Å². The van der Waals surface area contributed by atoms with Crippen LogP contribution in [0.15, 0.2) is 60.8 Å². The van der Waals surface area contributed by atoms with E-state index in [1.807, 2.05) is 6.07 Å². The number of nitrogens with zero attached hydrogens (tertiary/aromatic N) is 3. The third kappa shape index (κ3) is 4.46. The number of imidazole rings is 1. The van der Waals surface area contributed by atoms with Crippen molar-refractivity contribution in [1.29, 1.82) is 5.26 Å². The summed E-state index contributed by atoms with van der Waals surface area (Å²) in [5.41, 5.74) is -1.08. The van der Waals surface area contributed by atoms with Crippen molar-refractivity contribution in [3.05, 3.63) is 88.5 Å². The lowest BCUT2D eigenvalue weighted by molar-refractivity contribution is -0.137. The van der Waals surface area contributed by atoms with E-state index in [-0.39, 0.29) is 33.6 Å². The van der Waals surface area contributed by atoms with Crippen molar-refractivity contribution in [3.8, 4) is 28.7 Å². The van der Waals surface area contributed by atoms with E-state index in [0.29, 0.717) is 5.56 Å². The van der Waals surface area contributed by atoms with E-state index in [1.54, 1.807) is 0 Å². The molecule has 0 saturated heterocycles. The highest BCUT2D eigenvalue weighted by Crippen LogP contribution is 2.33. The van der Waals surface area contributed by atoms with Crippen LogP contribution in [0.2, 0.25) is 5.02 Å². The normalized spacial score (nSPS) is 11.2. The quantitative estimate of drug-likeness (QED) is 0.343. The van der Waals surface area contributed by atoms with Gasteiger partial charge in [0.15, 0.2) is 5.69 Å². The maximum absolute atomic E-state index is 14.2. The molecule has 4 aromatic rings. The van der Waals surface area contributed by atoms with E-state index in [0.717, 1.165) is 12.1 Å². The molecule has 0 radical (unpaired) electrons. The van der Waals surface area contributed by atoms with Gasteiger partial charge in [0, 0.05) is 11.8 Å². The number of carbonyl (C=O) groups excluding carboxylic acids is 1. The summed E-state index contributed by atoms with van der Waals surface area (Å²) in [6.45, 7) is 0. The molecule has 0 saturated carbocycles. The summed E-state index contributed by atoms with van der Waals surface area (Å²) in [4.78, 5) is 23.4. The second-order valence-corrected chi connectivity index (χ2v) is 7.35. The fraction of sp³-hybridized carbons (Fsp3) is 0.0435. The van der Waals surface area contributed by atoms with Gasteiger partial charge in [-0.05, 0) is 36.4 Å². The van der Waals surface area contributed by atoms with Crippen molar-refractivity contribution in [2.45, 2.75) is 6.18 Å². The molecule has 34 heavy (non-hydrogen) atoms. The highest BCUT2D eigenvalue weighted by molar-refractivity contribution is 6.33. The van der Waals surface area contributed by atoms with E-state index in [4.69, 9.17) is 11.6 Å². The summed E-state index contributed by atoms with van der Waals surface area (Å²) in [6.07, 6.45) is -3.41. The molecule has 170 valence electrons. The van der Waals surface area contributed by atoms with Crippen LogP contribution in [-0.4, -0.2) is 20.9 Å². The van der Waals surface area contributed by atoms with Crippen LogP contribution < -0.4 is 5.32 Å². The average molecular weight is 486 g/mol. The highest BCUT2D eigenvalue weighted by atomic mass is 35.5. The van der Waals surface area contributed by atoms with Gasteiger partial charge in [0.25, 0.3) is 5.91 Å². The van der Waals surface area contributed by atoms with Crippen LogP contribution in [-0.2, 0) is 6.18 Å². The lowest BCUT2D eigenvalue weighted by Crippen LogP contribution is -2.19. The number of nitriles is 1. The Hall–Kier alpha value is -4.23. The standard InChI is InChI=1S/C23H12ClF4N5O/c24-15-6-3-7-16(25)19(15)21-31-17(10-29)20(33-21)12-8-9-18(30-11-12)32-22(34)13-4-1-2-5-14(13)23(26,27)28/h1-9,11H,(H,31,33)(H,30,32,34). The fourth-order valence-electron chi connectivity index (χ4n) is 3.23. The molecule has 0 aliphatic heterocycles. The molecule has 2 heterocycles. The number of aromatic amines is 1. The number of halogens is 5. The van der Waals surface area contributed by atoms with Crippen molar-refractivity contribution in [2.75, 3.05) is 5.32 Å². The van der Waals surface area contributed by atoms with Crippen molar-refractivity contribution in [1.82, 2.24) is 15.0 Å². The molecule has 2 N–H and O–H groups in total. The summed E-state index contributed by atoms with van der Waals surface area (Å²) in [6, 6.07) is 13.2. The number of anilines is 1. The van der Waals surface area contributed by atoms with E-state index < -0.39 is 29.0 Å². The Balaban J connectivity index is 1.62. The molecule has 11 heteroatoms. The zero-order chi connectivity index (χ0) is 24.5. The Morgan fingerprint density at radius 2 is 1.85 bits per heavy atom. The van der Waals surface area contributed by atoms with Crippen LogP contribution >= 0.6 is 11.6 Å². The molecule has 0 bridgehead atoms. The fourth-order valence-corrected chi connectivity index (χ4v) is 3.49. The predicted molar refractivity (Wildman–Crippen MR) is 116 cm³/mol. The van der Waals surface area contributed by atoms with Gasteiger partial charge < -0.3 is 10.3 Å². The van der Waals surface area contributed by atoms with E-state index in [9.17, 15) is 27.6 Å². The maximum Gasteiger partial charge on any atom is 0.417 e. The van der Waals surface area contributed by atoms with Gasteiger partial charge in [-0.3, -0.25) is 4.79 Å². The minimum absolute atomic E-state index is 0.00732. The smallest absolute Gasteiger partial charge is 0.337 e. The summed E-state index contributed by atoms with van der Waals surface area (Å²) in [7, 11) is 0. The number of H-pyrrole nitrogens is 1. The molecule has 2 aromatic heterocycles. The average Bonchev–Trinajstić information content (AvgIpc) is 3.23. The molecular weight excluding hydrogens is 474 g/mol. The lowest BCUT2D eigenvalue weighted by atomic mass is 10.1. The summed E-state index contributed by atoms with van der Waals surface area (Å²) >= 11 is 6.07. The molecule has 2 aromatic carbocycles. The molecule has 0 fully saturated rings. The number of amides is 1. The first kappa shape index (κ1) is 22.9. The highest BCUT2D eigenvalue weighted by Gasteiger charge is 2.34. The van der Waals surface area contributed by atoms with Gasteiger partial charge in [0.2, 0.25) is 0 Å². The Bertz CT molecular complexity index is 1400. The van der Waals surface area contributed by atoms with E-state index >= 15 is 0 Å². The van der Waals surface area contributed by atoms with Gasteiger partial charge in [0.05, 0.1) is 27.4 Å². The zero-order valence-electron chi connectivity index (χ0n) is 16.9. The van der Waals surface area contributed by atoms with Gasteiger partial charge in [0.1, 0.15) is 23.5 Å². The SMILES string of the molecule is N#Cc1nc(-c2c(F)cccc2Cl)[nH]c1-c1ccc(NC(=O)c2ccccc2C(F)(F)F)nc1. The summed E-state index contributed by atoms with van der Waals surface area (Å²) in [5, 5.41) is 11.9. The Kier molecular flexibility index (Phi) is 6.04. The van der Waals surface area contributed by atoms with Crippen molar-refractivity contribution in [3.63, 3.8) is 0 Å². The Labute approximate surface area is 194 Å². The van der Waals surface area contributed by atoms with Crippen molar-refractivity contribution in [2.24, 2.45) is 0 Å². The second-order valence-electron chi connectivity index (χ2n) is 6.95. The van der Waals surface area contributed by atoms with Crippen LogP contribution in [0.1, 0.15) is 21.6 Å². The number of hydrogen-bond acceptors (Lipinski definition) is 4. The van der Waals surface area contributed by atoms with Gasteiger partial charge >= 0.3 is 6.18 Å². The van der Waals surface area contributed by atoms with Crippen LogP contribution in [0.3, 0.4) is 0 Å². The molecule has 0 aliphatic rings. The maximum atomic E-state index is 14.2. The number of nitrogens with one attached hydrogen (secondary N) is 2. The monoisotopic (exact) mass is 485 g/mol. The summed E-state index contributed by atoms with van der Waals surface area (Å²) in [5.74, 6) is -1.59. The van der Waals surface area contributed by atoms with Crippen molar-refractivity contribution < 1.29 is 22.4 Å². The molecule has 1 amide bonds. The number of benzene rings is 2. The minimum Gasteiger partial charge on any atom is -0.337 e. The lowest BCUT2D eigenvalue weighted by Gasteiger charge is -2.12. The largest absolute Gasteiger partial charge is 0.417 e. The van der Waals surface area contributed by atoms with Gasteiger partial charge in [-0.2, -0.15) is 18.4 Å². The van der Waals surface area contributed by atoms with Crippen LogP contribution in [0.4, 0.5) is 23.4 Å². The second kappa shape index (κ2) is 8.96. The van der Waals surface area contributed by atoms with Crippen LogP contribution in [0.5, 0.6) is 0 Å². The third-order valence-corrected chi connectivity index (χ3v) is 5.10. The van der Waals surface area contributed by atoms with Crippen LogP contribution in [0, 0.1) is 17.1 Å². The molecule has 4 rings (SSSR count). The van der Waals surface area contributed by atoms with Gasteiger partial charge in [-0.15, -0.1) is 0 Å². The van der Waals surface area contributed by atoms with E-state index in [2.05, 4.69) is 20.3 Å². The number of rotatable bonds is 4. The van der Waals surface area contributed by atoms with E-state index in [1.165, 1.54) is 48.7 Å². The molecule has 0 atom stereocenters. The molecule has 6 nitrogen and oxygen atoms in total. The number of carbonyl (C=O) groups is 1. The first-order chi connectivity index (χ1) is 16.2. The van der Waals surface area contributed by atoms with Gasteiger partial charge in [-0.1, -0.05) is 29.8 Å². The molecule has 0 spiro atoms. The molecule has 0 unspecified atom stereocenters. The number of alkyl halides is 3. The first-order valence-electron chi connectivity index (χ1n) is 9.57. The topological polar surface area (TPSA) is 94.5 Å². The predicted octanol–water partition coefficient (Wildman–Crippen LogP) is 6.07. The summed E-state index contributed by atoms with van der Waals surface area (Å²) < 4.78 is 53.8. The third-order valence-electron chi connectivity index (χ3n) is 4.78. The van der Waals surface area contributed by atoms with Gasteiger partial charge in [-0.25, -0.2) is 14.4 Å². The Morgan fingerprint density at radius 1 is 1.09 bits per heavy atom. The molecular formula is C23H12ClF4N5O. The zero-order valence-corrected chi connectivity index (χ0v) is 17.7. The minimum atomic E-state index is -4.70. The first-order valence-corrected chi connectivity index (χ1v) is 9.95. The number of hydrogen-bond donors (Lipinski definition) is 2. The number of pyridine rings is 1.